The zero-order valence-electron chi connectivity index (χ0n) is 9.60. The van der Waals surface area contributed by atoms with Crippen LogP contribution in [0.3, 0.4) is 0 Å². The Morgan fingerprint density at radius 1 is 1.00 bits per heavy atom. The fraction of sp³-hybridized carbons (Fsp3) is 1.00. The molecule has 0 aliphatic heterocycles. The van der Waals surface area contributed by atoms with Gasteiger partial charge in [-0.3, -0.25) is 0 Å². The maximum Gasteiger partial charge on any atom is 0.0619 e. The van der Waals surface area contributed by atoms with E-state index < -0.39 is 5.60 Å². The van der Waals surface area contributed by atoms with Crippen molar-refractivity contribution >= 4 is 10.2 Å². The standard InChI is InChI=1S/C10H24OSi/c1-7(2)10(12,8(3)4)9(5,6)11/h7-8,11H,1-6,12H3. The van der Waals surface area contributed by atoms with Gasteiger partial charge in [-0.1, -0.05) is 27.7 Å². The number of hydrogen-bond acceptors (Lipinski definition) is 1. The van der Waals surface area contributed by atoms with Gasteiger partial charge in [0.15, 0.2) is 0 Å². The first-order valence-corrected chi connectivity index (χ1v) is 5.86. The molecule has 0 unspecified atom stereocenters. The zero-order valence-corrected chi connectivity index (χ0v) is 11.6. The van der Waals surface area contributed by atoms with E-state index in [0.717, 1.165) is 10.2 Å². The molecular weight excluding hydrogens is 164 g/mol. The highest BCUT2D eigenvalue weighted by atomic mass is 28.1. The van der Waals surface area contributed by atoms with Crippen LogP contribution in [0.1, 0.15) is 41.5 Å². The summed E-state index contributed by atoms with van der Waals surface area (Å²) in [7, 11) is 1.05. The minimum atomic E-state index is -0.540. The van der Waals surface area contributed by atoms with Crippen LogP contribution in [-0.4, -0.2) is 21.0 Å². The molecule has 0 atom stereocenters. The van der Waals surface area contributed by atoms with Gasteiger partial charge in [-0.15, -0.1) is 0 Å². The van der Waals surface area contributed by atoms with Gasteiger partial charge in [0.05, 0.1) is 5.60 Å². The topological polar surface area (TPSA) is 20.2 Å². The van der Waals surface area contributed by atoms with Crippen LogP contribution in [0, 0.1) is 11.8 Å². The van der Waals surface area contributed by atoms with Crippen molar-refractivity contribution in [3.63, 3.8) is 0 Å². The van der Waals surface area contributed by atoms with Crippen LogP contribution >= 0.6 is 0 Å². The maximum absolute atomic E-state index is 10.1. The van der Waals surface area contributed by atoms with E-state index in [9.17, 15) is 5.11 Å². The van der Waals surface area contributed by atoms with Gasteiger partial charge in [-0.05, 0) is 30.7 Å². The Kier molecular flexibility index (Phi) is 3.56. The van der Waals surface area contributed by atoms with Crippen LogP contribution in [0.5, 0.6) is 0 Å². The van der Waals surface area contributed by atoms with Crippen LogP contribution in [0.4, 0.5) is 0 Å². The van der Waals surface area contributed by atoms with Gasteiger partial charge < -0.3 is 5.11 Å². The molecule has 74 valence electrons. The Morgan fingerprint density at radius 3 is 1.25 bits per heavy atom. The molecule has 1 N–H and O–H groups in total. The number of hydrogen-bond donors (Lipinski definition) is 1. The fourth-order valence-electron chi connectivity index (χ4n) is 2.08. The summed E-state index contributed by atoms with van der Waals surface area (Å²) >= 11 is 0. The van der Waals surface area contributed by atoms with Crippen molar-refractivity contribution in [1.82, 2.24) is 0 Å². The number of rotatable bonds is 3. The molecule has 0 amide bonds. The highest BCUT2D eigenvalue weighted by molar-refractivity contribution is 6.16. The Bertz CT molecular complexity index is 136. The van der Waals surface area contributed by atoms with Gasteiger partial charge in [0, 0.05) is 10.2 Å². The van der Waals surface area contributed by atoms with Crippen LogP contribution in [0.25, 0.3) is 0 Å². The molecule has 1 nitrogen and oxygen atoms in total. The lowest BCUT2D eigenvalue weighted by Crippen LogP contribution is -2.45. The molecule has 0 saturated heterocycles. The molecule has 0 spiro atoms. The molecule has 0 aromatic rings. The summed E-state index contributed by atoms with van der Waals surface area (Å²) in [6.45, 7) is 12.7. The van der Waals surface area contributed by atoms with E-state index in [0.29, 0.717) is 11.8 Å². The summed E-state index contributed by atoms with van der Waals surface area (Å²) in [6, 6.07) is 0. The van der Waals surface area contributed by atoms with E-state index in [1.54, 1.807) is 0 Å². The normalized spacial score (nSPS) is 14.8. The minimum Gasteiger partial charge on any atom is -0.390 e. The highest BCUT2D eigenvalue weighted by Crippen LogP contribution is 2.48. The van der Waals surface area contributed by atoms with E-state index in [4.69, 9.17) is 0 Å². The summed E-state index contributed by atoms with van der Waals surface area (Å²) < 4.78 is 0. The first-order valence-electron chi connectivity index (χ1n) is 4.86. The summed E-state index contributed by atoms with van der Waals surface area (Å²) in [5, 5.41) is 10.2. The monoisotopic (exact) mass is 188 g/mol. The summed E-state index contributed by atoms with van der Waals surface area (Å²) in [5.41, 5.74) is -0.540. The second kappa shape index (κ2) is 3.50. The first-order chi connectivity index (χ1) is 5.14. The van der Waals surface area contributed by atoms with Crippen molar-refractivity contribution in [3.05, 3.63) is 0 Å². The average Bonchev–Trinajstić information content (AvgIpc) is 1.82. The molecule has 0 radical (unpaired) electrons. The molecular formula is C10H24OSi. The summed E-state index contributed by atoms with van der Waals surface area (Å²) in [5.74, 6) is 1.12. The zero-order chi connectivity index (χ0) is 10.2. The molecule has 0 fully saturated rings. The Hall–Kier alpha value is 0.177. The Balaban J connectivity index is 4.89. The second-order valence-corrected chi connectivity index (χ2v) is 6.81. The van der Waals surface area contributed by atoms with Crippen molar-refractivity contribution in [2.75, 3.05) is 0 Å². The van der Waals surface area contributed by atoms with Crippen molar-refractivity contribution < 1.29 is 5.11 Å². The Morgan fingerprint density at radius 2 is 1.25 bits per heavy atom. The van der Waals surface area contributed by atoms with Gasteiger partial charge in [0.2, 0.25) is 0 Å². The van der Waals surface area contributed by atoms with Crippen molar-refractivity contribution in [2.24, 2.45) is 11.8 Å². The van der Waals surface area contributed by atoms with Crippen LogP contribution < -0.4 is 0 Å². The third-order valence-electron chi connectivity index (χ3n) is 3.72. The van der Waals surface area contributed by atoms with Gasteiger partial charge >= 0.3 is 0 Å². The lowest BCUT2D eigenvalue weighted by Gasteiger charge is -2.47. The van der Waals surface area contributed by atoms with Gasteiger partial charge in [0.1, 0.15) is 0 Å². The molecule has 0 saturated carbocycles. The third kappa shape index (κ3) is 1.91. The molecule has 0 rings (SSSR count). The SMILES string of the molecule is CC(C)C([SiH3])(C(C)C)C(C)(C)O. The van der Waals surface area contributed by atoms with Crippen LogP contribution in [-0.2, 0) is 0 Å². The highest BCUT2D eigenvalue weighted by Gasteiger charge is 2.44. The molecule has 0 aromatic heterocycles. The molecule has 0 aliphatic rings. The Labute approximate surface area is 80.0 Å². The smallest absolute Gasteiger partial charge is 0.0619 e. The van der Waals surface area contributed by atoms with E-state index in [1.165, 1.54) is 0 Å². The summed E-state index contributed by atoms with van der Waals surface area (Å²) in [6.07, 6.45) is 0. The largest absolute Gasteiger partial charge is 0.390 e. The lowest BCUT2D eigenvalue weighted by molar-refractivity contribution is -0.0122. The lowest BCUT2D eigenvalue weighted by atomic mass is 9.73. The number of aliphatic hydroxyl groups is 1. The van der Waals surface area contributed by atoms with E-state index >= 15 is 0 Å². The quantitative estimate of drug-likeness (QED) is 0.667. The van der Waals surface area contributed by atoms with Crippen LogP contribution in [0.15, 0.2) is 0 Å². The maximum atomic E-state index is 10.1. The van der Waals surface area contributed by atoms with Gasteiger partial charge in [-0.2, -0.15) is 0 Å². The first kappa shape index (κ1) is 12.2. The average molecular weight is 188 g/mol. The van der Waals surface area contributed by atoms with E-state index in [1.807, 2.05) is 13.8 Å². The van der Waals surface area contributed by atoms with E-state index in [2.05, 4.69) is 27.7 Å². The predicted molar refractivity (Wildman–Crippen MR) is 58.6 cm³/mol. The molecule has 12 heavy (non-hydrogen) atoms. The van der Waals surface area contributed by atoms with Crippen molar-refractivity contribution in [1.29, 1.82) is 0 Å². The van der Waals surface area contributed by atoms with Gasteiger partial charge in [0.25, 0.3) is 0 Å². The molecule has 0 bridgehead atoms. The van der Waals surface area contributed by atoms with Gasteiger partial charge in [-0.25, -0.2) is 0 Å². The summed E-state index contributed by atoms with van der Waals surface area (Å²) in [4.78, 5) is 0. The third-order valence-corrected chi connectivity index (χ3v) is 7.25. The molecule has 0 aromatic carbocycles. The van der Waals surface area contributed by atoms with Crippen molar-refractivity contribution in [2.45, 2.75) is 52.2 Å². The van der Waals surface area contributed by atoms with Crippen molar-refractivity contribution in [3.8, 4) is 0 Å². The fourth-order valence-corrected chi connectivity index (χ4v) is 2.08. The minimum absolute atomic E-state index is 0.132. The van der Waals surface area contributed by atoms with E-state index in [-0.39, 0.29) is 5.04 Å². The molecule has 0 aliphatic carbocycles. The molecule has 2 heteroatoms. The van der Waals surface area contributed by atoms with Crippen LogP contribution in [0.2, 0.25) is 5.04 Å². The second-order valence-electron chi connectivity index (χ2n) is 5.15. The predicted octanol–water partition coefficient (Wildman–Crippen LogP) is 1.59. The molecule has 0 heterocycles.